The normalized spacial score (nSPS) is 12.9. The van der Waals surface area contributed by atoms with Crippen LogP contribution in [0.1, 0.15) is 96.1 Å². The predicted octanol–water partition coefficient (Wildman–Crippen LogP) is 6.95. The van der Waals surface area contributed by atoms with Crippen molar-refractivity contribution in [2.24, 2.45) is 4.99 Å². The molecule has 0 spiro atoms. The molecule has 248 valence electrons. The molecule has 1 aliphatic rings. The van der Waals surface area contributed by atoms with Crippen LogP contribution in [-0.2, 0) is 20.8 Å². The van der Waals surface area contributed by atoms with E-state index >= 15 is 0 Å². The molecule has 3 N–H and O–H groups in total. The minimum absolute atomic E-state index is 0.0892. The van der Waals surface area contributed by atoms with E-state index in [2.05, 4.69) is 20.9 Å². The van der Waals surface area contributed by atoms with Crippen LogP contribution in [0.4, 0.5) is 21.0 Å². The highest BCUT2D eigenvalue weighted by Crippen LogP contribution is 2.29. The molecule has 1 aliphatic heterocycles. The van der Waals surface area contributed by atoms with Gasteiger partial charge in [-0.2, -0.15) is 0 Å². The summed E-state index contributed by atoms with van der Waals surface area (Å²) in [6, 6.07) is 12.1. The van der Waals surface area contributed by atoms with Crippen LogP contribution in [0, 0.1) is 0 Å². The Hall–Kier alpha value is -4.67. The summed E-state index contributed by atoms with van der Waals surface area (Å²) in [5.41, 5.74) is 1.87. The lowest BCUT2D eigenvalue weighted by atomic mass is 10.0. The molecule has 0 radical (unpaired) electrons. The summed E-state index contributed by atoms with van der Waals surface area (Å²) in [5, 5.41) is 8.31. The molecular formula is C35H47N5O6. The van der Waals surface area contributed by atoms with Crippen molar-refractivity contribution in [3.05, 3.63) is 64.7 Å². The third-order valence-corrected chi connectivity index (χ3v) is 6.46. The second kappa shape index (κ2) is 15.6. The van der Waals surface area contributed by atoms with E-state index in [9.17, 15) is 19.2 Å². The number of nitrogens with one attached hydrogen (secondary N) is 3. The van der Waals surface area contributed by atoms with Crippen molar-refractivity contribution in [1.82, 2.24) is 15.5 Å². The van der Waals surface area contributed by atoms with Gasteiger partial charge in [0.25, 0.3) is 5.91 Å². The highest BCUT2D eigenvalue weighted by atomic mass is 16.6. The van der Waals surface area contributed by atoms with E-state index in [0.717, 1.165) is 18.4 Å². The Morgan fingerprint density at radius 2 is 1.48 bits per heavy atom. The molecule has 0 unspecified atom stereocenters. The number of amidine groups is 1. The minimum atomic E-state index is -0.725. The quantitative estimate of drug-likeness (QED) is 0.273. The summed E-state index contributed by atoms with van der Waals surface area (Å²) in [6.45, 7) is 16.1. The summed E-state index contributed by atoms with van der Waals surface area (Å²) in [6.07, 6.45) is 2.24. The van der Waals surface area contributed by atoms with Crippen molar-refractivity contribution in [1.29, 1.82) is 0 Å². The average Bonchev–Trinajstić information content (AvgIpc) is 3.12. The Kier molecular flexibility index (Phi) is 12.1. The molecular weight excluding hydrogens is 586 g/mol. The van der Waals surface area contributed by atoms with Crippen molar-refractivity contribution in [3.63, 3.8) is 0 Å². The fraction of sp³-hybridized carbons (Fsp3) is 0.457. The zero-order valence-corrected chi connectivity index (χ0v) is 28.2. The van der Waals surface area contributed by atoms with Crippen molar-refractivity contribution < 1.29 is 28.7 Å². The molecule has 2 aromatic rings. The van der Waals surface area contributed by atoms with E-state index in [-0.39, 0.29) is 30.6 Å². The number of carbonyl (C=O) groups is 4. The van der Waals surface area contributed by atoms with Gasteiger partial charge in [-0.15, -0.1) is 0 Å². The lowest BCUT2D eigenvalue weighted by Gasteiger charge is -2.23. The fourth-order valence-electron chi connectivity index (χ4n) is 4.66. The van der Waals surface area contributed by atoms with Crippen LogP contribution < -0.4 is 16.0 Å². The summed E-state index contributed by atoms with van der Waals surface area (Å²) in [5.74, 6) is -0.223. The highest BCUT2D eigenvalue weighted by Gasteiger charge is 2.25. The molecule has 0 saturated heterocycles. The van der Waals surface area contributed by atoms with Gasteiger partial charge in [-0.1, -0.05) is 32.0 Å². The van der Waals surface area contributed by atoms with Gasteiger partial charge < -0.3 is 19.7 Å². The number of carbonyl (C=O) groups excluding carboxylic acids is 4. The summed E-state index contributed by atoms with van der Waals surface area (Å²) >= 11 is 0. The first-order chi connectivity index (χ1) is 21.6. The maximum absolute atomic E-state index is 13.6. The van der Waals surface area contributed by atoms with Crippen LogP contribution in [0.2, 0.25) is 0 Å². The highest BCUT2D eigenvalue weighted by molar-refractivity contribution is 6.09. The first kappa shape index (κ1) is 35.8. The molecule has 46 heavy (non-hydrogen) atoms. The molecule has 0 aliphatic carbocycles. The van der Waals surface area contributed by atoms with Crippen LogP contribution in [0.15, 0.2) is 53.0 Å². The summed E-state index contributed by atoms with van der Waals surface area (Å²) in [7, 11) is 0. The summed E-state index contributed by atoms with van der Waals surface area (Å²) < 4.78 is 10.7. The lowest BCUT2D eigenvalue weighted by Crippen LogP contribution is -2.38. The molecule has 1 heterocycles. The number of fused-ring (bicyclic) bond motifs is 1. The Morgan fingerprint density at radius 3 is 2.09 bits per heavy atom. The molecule has 0 bridgehead atoms. The number of ether oxygens (including phenoxy) is 2. The Morgan fingerprint density at radius 1 is 0.848 bits per heavy atom. The molecule has 11 nitrogen and oxygen atoms in total. The Labute approximate surface area is 271 Å². The predicted molar refractivity (Wildman–Crippen MR) is 180 cm³/mol. The van der Waals surface area contributed by atoms with Crippen LogP contribution in [-0.4, -0.2) is 59.0 Å². The standard InChI is InChI=1S/C35H47N5O6/c1-9-16-40(17-10-2)31(42)26-19-24-14-15-25(20-28(24)38-29(21-26)39-33(44)46-35(6,7)8)30(41)36-22-23-12-11-13-27(18-23)37-32(43)45-34(3,4)5/h11-15,18-20H,9-10,16-17,21-22H2,1-8H3,(H,36,41)(H,37,43)(H,38,39,44). The van der Waals surface area contributed by atoms with Crippen LogP contribution in [0.5, 0.6) is 0 Å². The molecule has 0 aromatic heterocycles. The van der Waals surface area contributed by atoms with Gasteiger partial charge in [-0.25, -0.2) is 14.6 Å². The molecule has 0 saturated carbocycles. The number of nitrogens with zero attached hydrogens (tertiary/aromatic N) is 2. The number of amides is 4. The number of hydrogen-bond acceptors (Lipinski definition) is 7. The van der Waals surface area contributed by atoms with Crippen molar-refractivity contribution in [3.8, 4) is 0 Å². The first-order valence-corrected chi connectivity index (χ1v) is 15.7. The number of alkyl carbamates (subject to hydrolysis) is 1. The molecule has 2 aromatic carbocycles. The van der Waals surface area contributed by atoms with E-state index in [4.69, 9.17) is 9.47 Å². The van der Waals surface area contributed by atoms with E-state index in [1.807, 2.05) is 24.8 Å². The molecule has 11 heteroatoms. The second-order valence-corrected chi connectivity index (χ2v) is 13.1. The van der Waals surface area contributed by atoms with E-state index < -0.39 is 23.4 Å². The van der Waals surface area contributed by atoms with Gasteiger partial charge >= 0.3 is 12.2 Å². The van der Waals surface area contributed by atoms with Gasteiger partial charge in [0.05, 0.1) is 5.69 Å². The zero-order valence-electron chi connectivity index (χ0n) is 28.2. The maximum Gasteiger partial charge on any atom is 0.413 e. The number of rotatable bonds is 9. The van der Waals surface area contributed by atoms with E-state index in [1.54, 1.807) is 84.0 Å². The van der Waals surface area contributed by atoms with Gasteiger partial charge in [0.15, 0.2) is 0 Å². The summed E-state index contributed by atoms with van der Waals surface area (Å²) in [4.78, 5) is 58.1. The minimum Gasteiger partial charge on any atom is -0.444 e. The number of aliphatic imine (C=N–C) groups is 1. The largest absolute Gasteiger partial charge is 0.444 e. The van der Waals surface area contributed by atoms with Crippen LogP contribution in [0.3, 0.4) is 0 Å². The topological polar surface area (TPSA) is 138 Å². The molecule has 0 fully saturated rings. The number of anilines is 1. The van der Waals surface area contributed by atoms with Crippen molar-refractivity contribution >= 4 is 47.3 Å². The van der Waals surface area contributed by atoms with E-state index in [0.29, 0.717) is 41.2 Å². The third-order valence-electron chi connectivity index (χ3n) is 6.46. The van der Waals surface area contributed by atoms with Crippen molar-refractivity contribution in [2.75, 3.05) is 18.4 Å². The molecule has 3 rings (SSSR count). The Bertz CT molecular complexity index is 1490. The lowest BCUT2D eigenvalue weighted by molar-refractivity contribution is -0.127. The average molecular weight is 634 g/mol. The third kappa shape index (κ3) is 11.4. The van der Waals surface area contributed by atoms with Gasteiger partial charge in [-0.05, 0) is 90.3 Å². The van der Waals surface area contributed by atoms with Gasteiger partial charge in [0.2, 0.25) is 5.91 Å². The monoisotopic (exact) mass is 633 g/mol. The van der Waals surface area contributed by atoms with Gasteiger partial charge in [0.1, 0.15) is 17.0 Å². The Balaban J connectivity index is 1.84. The SMILES string of the molecule is CCCN(CCC)C(=O)C1=Cc2ccc(C(=O)NCc3cccc(NC(=O)OC(C)(C)C)c3)cc2N=C(NC(=O)OC(C)(C)C)C1. The smallest absolute Gasteiger partial charge is 0.413 e. The maximum atomic E-state index is 13.6. The first-order valence-electron chi connectivity index (χ1n) is 15.7. The van der Waals surface area contributed by atoms with Gasteiger partial charge in [0, 0.05) is 48.4 Å². The van der Waals surface area contributed by atoms with Crippen LogP contribution >= 0.6 is 0 Å². The second-order valence-electron chi connectivity index (χ2n) is 13.1. The van der Waals surface area contributed by atoms with Crippen molar-refractivity contribution in [2.45, 2.75) is 92.4 Å². The van der Waals surface area contributed by atoms with Crippen LogP contribution in [0.25, 0.3) is 6.08 Å². The van der Waals surface area contributed by atoms with Gasteiger partial charge in [-0.3, -0.25) is 20.2 Å². The van der Waals surface area contributed by atoms with E-state index in [1.165, 1.54) is 0 Å². The fourth-order valence-corrected chi connectivity index (χ4v) is 4.66. The molecule has 0 atom stereocenters. The molecule has 4 amide bonds. The zero-order chi connectivity index (χ0) is 34.1. The number of benzene rings is 2. The number of hydrogen-bond donors (Lipinski definition) is 3.